The van der Waals surface area contributed by atoms with Gasteiger partial charge >= 0.3 is 5.97 Å². The Morgan fingerprint density at radius 1 is 1.46 bits per heavy atom. The van der Waals surface area contributed by atoms with Gasteiger partial charge in [-0.2, -0.15) is 4.98 Å². The third-order valence-corrected chi connectivity index (χ3v) is 4.66. The van der Waals surface area contributed by atoms with Crippen molar-refractivity contribution in [3.8, 4) is 11.4 Å². The molecule has 2 heterocycles. The van der Waals surface area contributed by atoms with Crippen molar-refractivity contribution in [1.82, 2.24) is 14.8 Å². The van der Waals surface area contributed by atoms with Gasteiger partial charge in [-0.1, -0.05) is 30.3 Å². The summed E-state index contributed by atoms with van der Waals surface area (Å²) < 4.78 is 7.60. The molecule has 0 aliphatic carbocycles. The lowest BCUT2D eigenvalue weighted by Gasteiger charge is -2.28. The minimum atomic E-state index is -0.0760. The van der Waals surface area contributed by atoms with E-state index in [0.717, 1.165) is 37.3 Å². The molecule has 1 fully saturated rings. The Balaban J connectivity index is 1.69. The lowest BCUT2D eigenvalue weighted by atomic mass is 9.99. The molecule has 1 aromatic carbocycles. The number of likely N-dealkylation sites (tertiary alicyclic amines) is 1. The molecule has 2 atom stereocenters. The summed E-state index contributed by atoms with van der Waals surface area (Å²) in [7, 11) is 0. The third kappa shape index (κ3) is 3.91. The SMILES string of the molecule is CCOC(=O)[C@H]1CCC[NH+](Cn2[nH]c(-c3ccccc3)nc2=S)C1. The van der Waals surface area contributed by atoms with Crippen LogP contribution in [0.4, 0.5) is 0 Å². The first-order valence-electron chi connectivity index (χ1n) is 8.40. The minimum absolute atomic E-state index is 0.0145. The molecule has 2 N–H and O–H groups in total. The fourth-order valence-electron chi connectivity index (χ4n) is 3.17. The molecule has 6 nitrogen and oxygen atoms in total. The van der Waals surface area contributed by atoms with Crippen molar-refractivity contribution in [3.63, 3.8) is 0 Å². The molecular weight excluding hydrogens is 324 g/mol. The van der Waals surface area contributed by atoms with Gasteiger partial charge in [0.1, 0.15) is 5.92 Å². The summed E-state index contributed by atoms with van der Waals surface area (Å²) in [6, 6.07) is 9.93. The molecule has 3 rings (SSSR count). The predicted octanol–water partition coefficient (Wildman–Crippen LogP) is 1.42. The molecule has 1 aliphatic heterocycles. The Morgan fingerprint density at radius 2 is 2.25 bits per heavy atom. The van der Waals surface area contributed by atoms with E-state index in [-0.39, 0.29) is 11.9 Å². The van der Waals surface area contributed by atoms with Gasteiger partial charge in [0, 0.05) is 5.56 Å². The van der Waals surface area contributed by atoms with E-state index in [0.29, 0.717) is 18.0 Å². The standard InChI is InChI=1S/C17H22N4O2S/c1-2-23-16(22)14-9-6-10-20(11-14)12-21-17(24)18-15(19-21)13-7-4-3-5-8-13/h3-5,7-8,14H,2,6,9-12H2,1H3,(H,18,19,24)/p+1/t14-/m0/s1. The van der Waals surface area contributed by atoms with Crippen molar-refractivity contribution < 1.29 is 14.4 Å². The van der Waals surface area contributed by atoms with Gasteiger partial charge in [-0.05, 0) is 32.0 Å². The van der Waals surface area contributed by atoms with Crippen molar-refractivity contribution in [2.24, 2.45) is 5.92 Å². The molecule has 0 amide bonds. The molecule has 0 bridgehead atoms. The second kappa shape index (κ2) is 7.72. The summed E-state index contributed by atoms with van der Waals surface area (Å²) in [5.74, 6) is 0.686. The number of H-pyrrole nitrogens is 1. The number of benzene rings is 1. The van der Waals surface area contributed by atoms with Gasteiger partial charge in [0.2, 0.25) is 4.77 Å². The van der Waals surface area contributed by atoms with Crippen LogP contribution in [-0.2, 0) is 16.2 Å². The summed E-state index contributed by atoms with van der Waals surface area (Å²) in [6.45, 7) is 4.78. The number of aromatic amines is 1. The van der Waals surface area contributed by atoms with Crippen LogP contribution in [0.25, 0.3) is 11.4 Å². The molecule has 7 heteroatoms. The summed E-state index contributed by atoms with van der Waals surface area (Å²) in [5, 5.41) is 3.28. The van der Waals surface area contributed by atoms with Gasteiger partial charge in [0.15, 0.2) is 12.5 Å². The van der Waals surface area contributed by atoms with Gasteiger partial charge < -0.3 is 9.64 Å². The van der Waals surface area contributed by atoms with Crippen LogP contribution in [0.1, 0.15) is 19.8 Å². The van der Waals surface area contributed by atoms with Gasteiger partial charge in [-0.25, -0.2) is 4.68 Å². The smallest absolute Gasteiger partial charge is 0.314 e. The highest BCUT2D eigenvalue weighted by Gasteiger charge is 2.30. The van der Waals surface area contributed by atoms with Crippen LogP contribution in [-0.4, -0.2) is 40.4 Å². The van der Waals surface area contributed by atoms with Crippen molar-refractivity contribution in [2.45, 2.75) is 26.4 Å². The molecule has 1 saturated heterocycles. The van der Waals surface area contributed by atoms with Crippen molar-refractivity contribution in [3.05, 3.63) is 35.1 Å². The zero-order chi connectivity index (χ0) is 16.9. The Morgan fingerprint density at radius 3 is 3.00 bits per heavy atom. The third-order valence-electron chi connectivity index (χ3n) is 4.35. The minimum Gasteiger partial charge on any atom is -0.466 e. The highest BCUT2D eigenvalue weighted by Crippen LogP contribution is 2.13. The van der Waals surface area contributed by atoms with E-state index in [9.17, 15) is 4.79 Å². The Kier molecular flexibility index (Phi) is 5.42. The van der Waals surface area contributed by atoms with E-state index in [1.807, 2.05) is 41.9 Å². The number of rotatable bonds is 5. The molecule has 0 saturated carbocycles. The van der Waals surface area contributed by atoms with Crippen LogP contribution >= 0.6 is 12.2 Å². The maximum absolute atomic E-state index is 12.0. The maximum Gasteiger partial charge on any atom is 0.314 e. The number of nitrogens with one attached hydrogen (secondary N) is 2. The molecular formula is C17H23N4O2S+. The number of carbonyl (C=O) groups is 1. The van der Waals surface area contributed by atoms with Gasteiger partial charge in [-0.3, -0.25) is 9.89 Å². The van der Waals surface area contributed by atoms with Gasteiger partial charge in [0.25, 0.3) is 0 Å². The zero-order valence-electron chi connectivity index (χ0n) is 13.8. The lowest BCUT2D eigenvalue weighted by molar-refractivity contribution is -0.930. The quantitative estimate of drug-likeness (QED) is 0.634. The average Bonchev–Trinajstić information content (AvgIpc) is 2.97. The normalized spacial score (nSPS) is 20.7. The second-order valence-corrected chi connectivity index (χ2v) is 6.47. The first-order chi connectivity index (χ1) is 11.7. The van der Waals surface area contributed by atoms with Crippen LogP contribution in [0.15, 0.2) is 30.3 Å². The van der Waals surface area contributed by atoms with E-state index in [2.05, 4.69) is 10.1 Å². The van der Waals surface area contributed by atoms with E-state index in [4.69, 9.17) is 17.0 Å². The number of hydrogen-bond donors (Lipinski definition) is 2. The Labute approximate surface area is 146 Å². The van der Waals surface area contributed by atoms with Crippen LogP contribution in [0.2, 0.25) is 0 Å². The molecule has 1 aromatic heterocycles. The van der Waals surface area contributed by atoms with Gasteiger partial charge in [0.05, 0.1) is 19.7 Å². The monoisotopic (exact) mass is 347 g/mol. The number of nitrogens with zero attached hydrogens (tertiary/aromatic N) is 2. The number of hydrogen-bond acceptors (Lipinski definition) is 4. The topological polar surface area (TPSA) is 64.3 Å². The second-order valence-electron chi connectivity index (χ2n) is 6.10. The first-order valence-corrected chi connectivity index (χ1v) is 8.80. The van der Waals surface area contributed by atoms with E-state index in [1.54, 1.807) is 0 Å². The van der Waals surface area contributed by atoms with E-state index in [1.165, 1.54) is 4.90 Å². The molecule has 128 valence electrons. The van der Waals surface area contributed by atoms with Gasteiger partial charge in [-0.15, -0.1) is 0 Å². The summed E-state index contributed by atoms with van der Waals surface area (Å²) in [5.41, 5.74) is 1.01. The zero-order valence-corrected chi connectivity index (χ0v) is 14.6. The molecule has 2 aromatic rings. The fraction of sp³-hybridized carbons (Fsp3) is 0.471. The van der Waals surface area contributed by atoms with E-state index < -0.39 is 0 Å². The number of quaternary nitrogens is 1. The molecule has 0 radical (unpaired) electrons. The molecule has 24 heavy (non-hydrogen) atoms. The maximum atomic E-state index is 12.0. The number of piperidine rings is 1. The Hall–Kier alpha value is -1.99. The highest BCUT2D eigenvalue weighted by molar-refractivity contribution is 7.71. The van der Waals surface area contributed by atoms with E-state index >= 15 is 0 Å². The van der Waals surface area contributed by atoms with Crippen LogP contribution in [0.3, 0.4) is 0 Å². The number of aromatic nitrogens is 3. The molecule has 0 spiro atoms. The van der Waals surface area contributed by atoms with Crippen molar-refractivity contribution >= 4 is 18.2 Å². The van der Waals surface area contributed by atoms with Crippen LogP contribution in [0, 0.1) is 10.7 Å². The molecule has 1 aliphatic rings. The first kappa shape index (κ1) is 16.9. The lowest BCUT2D eigenvalue weighted by Crippen LogP contribution is -3.13. The van der Waals surface area contributed by atoms with Crippen LogP contribution in [0.5, 0.6) is 0 Å². The van der Waals surface area contributed by atoms with Crippen molar-refractivity contribution in [2.75, 3.05) is 19.7 Å². The van der Waals surface area contributed by atoms with Crippen LogP contribution < -0.4 is 4.90 Å². The Bertz CT molecular complexity index is 741. The highest BCUT2D eigenvalue weighted by atomic mass is 32.1. The predicted molar refractivity (Wildman–Crippen MR) is 92.9 cm³/mol. The number of esters is 1. The number of ether oxygens (including phenoxy) is 1. The fourth-order valence-corrected chi connectivity index (χ4v) is 3.37. The van der Waals surface area contributed by atoms with Crippen molar-refractivity contribution in [1.29, 1.82) is 0 Å². The number of carbonyl (C=O) groups excluding carboxylic acids is 1. The molecule has 1 unspecified atom stereocenters. The summed E-state index contributed by atoms with van der Waals surface area (Å²) >= 11 is 5.38. The average molecular weight is 347 g/mol. The largest absolute Gasteiger partial charge is 0.466 e. The summed E-state index contributed by atoms with van der Waals surface area (Å²) in [6.07, 6.45) is 1.93. The summed E-state index contributed by atoms with van der Waals surface area (Å²) in [4.78, 5) is 17.7.